The molecule has 29 heavy (non-hydrogen) atoms. The SMILES string of the molecule is COCCCNC(=O)N1CCC2(CCC2n2cc(C(=O)NCC(C)C)nn2)CC1. The highest BCUT2D eigenvalue weighted by Crippen LogP contribution is 2.56. The Kier molecular flexibility index (Phi) is 7.10. The molecule has 1 aromatic rings. The van der Waals surface area contributed by atoms with Gasteiger partial charge in [0, 0.05) is 39.9 Å². The Morgan fingerprint density at radius 3 is 2.66 bits per heavy atom. The molecule has 1 saturated carbocycles. The zero-order valence-corrected chi connectivity index (χ0v) is 17.8. The van der Waals surface area contributed by atoms with Crippen LogP contribution in [0.5, 0.6) is 0 Å². The first-order valence-corrected chi connectivity index (χ1v) is 10.7. The molecule has 1 saturated heterocycles. The monoisotopic (exact) mass is 406 g/mol. The Morgan fingerprint density at radius 2 is 2.03 bits per heavy atom. The van der Waals surface area contributed by atoms with Crippen molar-refractivity contribution < 1.29 is 14.3 Å². The summed E-state index contributed by atoms with van der Waals surface area (Å²) in [4.78, 5) is 26.4. The Labute approximate surface area is 172 Å². The van der Waals surface area contributed by atoms with Gasteiger partial charge in [0.25, 0.3) is 5.91 Å². The summed E-state index contributed by atoms with van der Waals surface area (Å²) in [6.07, 6.45) is 6.68. The van der Waals surface area contributed by atoms with E-state index in [0.717, 1.165) is 45.2 Å². The minimum absolute atomic E-state index is 0.0108. The third-order valence-corrected chi connectivity index (χ3v) is 6.20. The van der Waals surface area contributed by atoms with Gasteiger partial charge in [0.1, 0.15) is 0 Å². The van der Waals surface area contributed by atoms with Gasteiger partial charge in [0.2, 0.25) is 0 Å². The highest BCUT2D eigenvalue weighted by Gasteiger charge is 2.50. The number of piperidine rings is 1. The highest BCUT2D eigenvalue weighted by atomic mass is 16.5. The number of urea groups is 1. The van der Waals surface area contributed by atoms with Gasteiger partial charge >= 0.3 is 6.03 Å². The number of likely N-dealkylation sites (tertiary alicyclic amines) is 1. The molecule has 1 aliphatic carbocycles. The molecule has 162 valence electrons. The molecular weight excluding hydrogens is 372 g/mol. The highest BCUT2D eigenvalue weighted by molar-refractivity contribution is 5.91. The molecule has 9 nitrogen and oxygen atoms in total. The fourth-order valence-electron chi connectivity index (χ4n) is 4.28. The molecule has 9 heteroatoms. The number of hydrogen-bond acceptors (Lipinski definition) is 5. The van der Waals surface area contributed by atoms with Crippen molar-refractivity contribution in [2.75, 3.05) is 39.9 Å². The number of aromatic nitrogens is 3. The maximum Gasteiger partial charge on any atom is 0.317 e. The van der Waals surface area contributed by atoms with Crippen LogP contribution in [0.3, 0.4) is 0 Å². The van der Waals surface area contributed by atoms with Gasteiger partial charge in [-0.15, -0.1) is 5.10 Å². The van der Waals surface area contributed by atoms with Crippen molar-refractivity contribution in [2.45, 2.75) is 52.0 Å². The molecule has 2 N–H and O–H groups in total. The molecule has 2 fully saturated rings. The lowest BCUT2D eigenvalue weighted by molar-refractivity contribution is -0.0228. The molecule has 1 spiro atoms. The number of methoxy groups -OCH3 is 1. The summed E-state index contributed by atoms with van der Waals surface area (Å²) in [6.45, 7) is 7.54. The quantitative estimate of drug-likeness (QED) is 0.642. The van der Waals surface area contributed by atoms with Crippen molar-refractivity contribution in [3.05, 3.63) is 11.9 Å². The first-order valence-electron chi connectivity index (χ1n) is 10.7. The third-order valence-electron chi connectivity index (χ3n) is 6.20. The van der Waals surface area contributed by atoms with E-state index < -0.39 is 0 Å². The van der Waals surface area contributed by atoms with E-state index in [4.69, 9.17) is 4.74 Å². The Bertz CT molecular complexity index is 696. The molecule has 1 aromatic heterocycles. The summed E-state index contributed by atoms with van der Waals surface area (Å²) in [5, 5.41) is 14.2. The number of carbonyl (C=O) groups excluding carboxylic acids is 2. The van der Waals surface area contributed by atoms with Crippen LogP contribution in [-0.4, -0.2) is 71.7 Å². The Hall–Kier alpha value is -2.16. The summed E-state index contributed by atoms with van der Waals surface area (Å²) < 4.78 is 6.88. The molecule has 1 unspecified atom stereocenters. The maximum atomic E-state index is 12.3. The van der Waals surface area contributed by atoms with Crippen molar-refractivity contribution in [3.63, 3.8) is 0 Å². The van der Waals surface area contributed by atoms with Crippen LogP contribution in [0.25, 0.3) is 0 Å². The minimum Gasteiger partial charge on any atom is -0.385 e. The topological polar surface area (TPSA) is 101 Å². The largest absolute Gasteiger partial charge is 0.385 e. The van der Waals surface area contributed by atoms with Crippen molar-refractivity contribution in [1.82, 2.24) is 30.5 Å². The van der Waals surface area contributed by atoms with Gasteiger partial charge in [-0.3, -0.25) is 4.79 Å². The normalized spacial score (nSPS) is 20.6. The van der Waals surface area contributed by atoms with Crippen LogP contribution >= 0.6 is 0 Å². The molecule has 1 atom stereocenters. The van der Waals surface area contributed by atoms with Crippen LogP contribution in [0.2, 0.25) is 0 Å². The fourth-order valence-corrected chi connectivity index (χ4v) is 4.28. The number of rotatable bonds is 8. The summed E-state index contributed by atoms with van der Waals surface area (Å²) in [5.41, 5.74) is 0.534. The van der Waals surface area contributed by atoms with Gasteiger partial charge in [-0.2, -0.15) is 0 Å². The van der Waals surface area contributed by atoms with Gasteiger partial charge in [-0.1, -0.05) is 19.1 Å². The van der Waals surface area contributed by atoms with Crippen molar-refractivity contribution in [3.8, 4) is 0 Å². The second-order valence-corrected chi connectivity index (χ2v) is 8.67. The summed E-state index contributed by atoms with van der Waals surface area (Å²) >= 11 is 0. The lowest BCUT2D eigenvalue weighted by atomic mass is 9.59. The first kappa shape index (κ1) is 21.5. The van der Waals surface area contributed by atoms with E-state index in [2.05, 4.69) is 34.8 Å². The van der Waals surface area contributed by atoms with Crippen LogP contribution in [0.15, 0.2) is 6.20 Å². The van der Waals surface area contributed by atoms with Gasteiger partial charge < -0.3 is 20.3 Å². The van der Waals surface area contributed by atoms with E-state index in [-0.39, 0.29) is 23.4 Å². The van der Waals surface area contributed by atoms with Gasteiger partial charge in [0.05, 0.1) is 12.2 Å². The molecule has 2 aliphatic rings. The second-order valence-electron chi connectivity index (χ2n) is 8.67. The van der Waals surface area contributed by atoms with E-state index in [1.807, 2.05) is 9.58 Å². The van der Waals surface area contributed by atoms with E-state index in [1.165, 1.54) is 0 Å². The maximum absolute atomic E-state index is 12.3. The van der Waals surface area contributed by atoms with Crippen molar-refractivity contribution in [2.24, 2.45) is 11.3 Å². The molecule has 1 aliphatic heterocycles. The van der Waals surface area contributed by atoms with Crippen LogP contribution in [-0.2, 0) is 4.74 Å². The number of hydrogen-bond donors (Lipinski definition) is 2. The molecule has 0 bridgehead atoms. The summed E-state index contributed by atoms with van der Waals surface area (Å²) in [5.74, 6) is 0.226. The third kappa shape index (κ3) is 5.07. The molecular formula is C20H34N6O3. The average Bonchev–Trinajstić information content (AvgIpc) is 3.17. The molecule has 3 rings (SSSR count). The number of nitrogens with zero attached hydrogens (tertiary/aromatic N) is 4. The average molecular weight is 407 g/mol. The van der Waals surface area contributed by atoms with E-state index in [0.29, 0.717) is 31.3 Å². The van der Waals surface area contributed by atoms with Crippen LogP contribution in [0.4, 0.5) is 4.79 Å². The zero-order valence-electron chi connectivity index (χ0n) is 17.8. The summed E-state index contributed by atoms with van der Waals surface area (Å²) in [7, 11) is 1.66. The molecule has 3 amide bonds. The molecule has 2 heterocycles. The summed E-state index contributed by atoms with van der Waals surface area (Å²) in [6, 6.07) is 0.269. The number of carbonyl (C=O) groups is 2. The van der Waals surface area contributed by atoms with Crippen LogP contribution in [0.1, 0.15) is 62.5 Å². The lowest BCUT2D eigenvalue weighted by Crippen LogP contribution is -2.53. The zero-order chi connectivity index (χ0) is 20.9. The van der Waals surface area contributed by atoms with Gasteiger partial charge in [-0.05, 0) is 43.4 Å². The van der Waals surface area contributed by atoms with E-state index in [9.17, 15) is 9.59 Å². The Balaban J connectivity index is 1.51. The number of ether oxygens (including phenoxy) is 1. The van der Waals surface area contributed by atoms with Crippen molar-refractivity contribution >= 4 is 11.9 Å². The number of nitrogens with one attached hydrogen (secondary N) is 2. The van der Waals surface area contributed by atoms with E-state index >= 15 is 0 Å². The standard InChI is InChI=1S/C20H34N6O3/c1-15(2)13-22-18(27)16-14-26(24-23-16)17-5-6-20(17)7-10-25(11-8-20)19(28)21-9-4-12-29-3/h14-15,17H,4-13H2,1-3H3,(H,21,28)(H,22,27). The second kappa shape index (κ2) is 9.56. The van der Waals surface area contributed by atoms with Crippen molar-refractivity contribution in [1.29, 1.82) is 0 Å². The first-order chi connectivity index (χ1) is 13.9. The van der Waals surface area contributed by atoms with Gasteiger partial charge in [0.15, 0.2) is 5.69 Å². The molecule has 0 radical (unpaired) electrons. The predicted molar refractivity (Wildman–Crippen MR) is 109 cm³/mol. The predicted octanol–water partition coefficient (Wildman–Crippen LogP) is 1.83. The minimum atomic E-state index is -0.168. The van der Waals surface area contributed by atoms with Crippen LogP contribution in [0, 0.1) is 11.3 Å². The fraction of sp³-hybridized carbons (Fsp3) is 0.800. The number of amides is 3. The van der Waals surface area contributed by atoms with Crippen LogP contribution < -0.4 is 10.6 Å². The Morgan fingerprint density at radius 1 is 1.28 bits per heavy atom. The van der Waals surface area contributed by atoms with Gasteiger partial charge in [-0.25, -0.2) is 9.48 Å². The molecule has 0 aromatic carbocycles. The van der Waals surface area contributed by atoms with E-state index in [1.54, 1.807) is 13.3 Å². The smallest absolute Gasteiger partial charge is 0.317 e. The lowest BCUT2D eigenvalue weighted by Gasteiger charge is -2.53.